The molecule has 8 atom stereocenters. The van der Waals surface area contributed by atoms with Crippen LogP contribution in [0.3, 0.4) is 0 Å². The number of aromatic hydroxyl groups is 4. The highest BCUT2D eigenvalue weighted by Gasteiger charge is 2.57. The number of ether oxygens (including phenoxy) is 2. The Morgan fingerprint density at radius 2 is 1.82 bits per heavy atom. The van der Waals surface area contributed by atoms with Crippen LogP contribution in [0.25, 0.3) is 10.8 Å². The van der Waals surface area contributed by atoms with Crippen molar-refractivity contribution in [3.63, 3.8) is 0 Å². The van der Waals surface area contributed by atoms with Crippen LogP contribution in [0.1, 0.15) is 85.7 Å². The van der Waals surface area contributed by atoms with Crippen LogP contribution in [0.2, 0.25) is 0 Å². The molecule has 2 aromatic heterocycles. The second-order valence-corrected chi connectivity index (χ2v) is 19.1. The van der Waals surface area contributed by atoms with Gasteiger partial charge in [-0.2, -0.15) is 11.9 Å². The SMILES string of the molecule is COc1cc(CC[C@@H](O)[C@H]2C(=O)C[C@H](c3cc(O)c(O)c(OC[C@@H]4C=CC[C@@H](C)C4)c3)CCc3c(ccc4cc(O)ccc34)Nc3cc(ccn3)[C@@]23CC[C@H](O)[C@H]3Cc2ccc[n-]2)ccc1O. The highest BCUT2D eigenvalue weighted by molar-refractivity contribution is 5.92. The van der Waals surface area contributed by atoms with Crippen molar-refractivity contribution < 1.29 is 44.9 Å². The molecule has 7 N–H and O–H groups in total. The van der Waals surface area contributed by atoms with Gasteiger partial charge in [0.05, 0.1) is 31.8 Å². The first-order valence-corrected chi connectivity index (χ1v) is 23.5. The molecule has 2 bridgehead atoms. The molecule has 12 nitrogen and oxygen atoms in total. The number of fused-ring (bicyclic) bond motifs is 6. The van der Waals surface area contributed by atoms with Crippen molar-refractivity contribution in [1.29, 1.82) is 0 Å². The van der Waals surface area contributed by atoms with Gasteiger partial charge in [0.25, 0.3) is 0 Å². The molecule has 0 unspecified atom stereocenters. The van der Waals surface area contributed by atoms with Crippen LogP contribution in [-0.4, -0.2) is 67.3 Å². The van der Waals surface area contributed by atoms with Crippen molar-refractivity contribution in [2.45, 2.75) is 94.7 Å². The number of carbonyl (C=O) groups excluding carboxylic acids is 1. The molecule has 0 radical (unpaired) electrons. The summed E-state index contributed by atoms with van der Waals surface area (Å²) in [5.74, 6) is -1.34. The van der Waals surface area contributed by atoms with E-state index in [0.29, 0.717) is 68.2 Å². The summed E-state index contributed by atoms with van der Waals surface area (Å²) in [6, 6.07) is 25.1. The smallest absolute Gasteiger partial charge is 0.200 e. The van der Waals surface area contributed by atoms with Crippen LogP contribution in [-0.2, 0) is 29.5 Å². The highest BCUT2D eigenvalue weighted by Crippen LogP contribution is 2.55. The number of phenols is 4. The van der Waals surface area contributed by atoms with E-state index in [0.717, 1.165) is 51.7 Å². The number of ketones is 1. The fraction of sp³-hybridized carbons (Fsp3) is 0.382. The molecule has 2 aliphatic carbocycles. The molecular weight excluding hydrogens is 847 g/mol. The highest BCUT2D eigenvalue weighted by atomic mass is 16.5. The number of Topliss-reactive ketones (excluding diaryl/α,β-unsaturated/α-hetero) is 1. The summed E-state index contributed by atoms with van der Waals surface area (Å²) in [5, 5.41) is 73.7. The molecule has 0 saturated heterocycles. The van der Waals surface area contributed by atoms with Crippen molar-refractivity contribution in [3.8, 4) is 34.5 Å². The number of pyridine rings is 1. The Morgan fingerprint density at radius 3 is 2.63 bits per heavy atom. The molecular formula is C55H60N3O9-. The molecule has 12 heteroatoms. The zero-order valence-electron chi connectivity index (χ0n) is 38.0. The number of anilines is 2. The second-order valence-electron chi connectivity index (χ2n) is 19.1. The number of aliphatic hydroxyl groups excluding tert-OH is 2. The van der Waals surface area contributed by atoms with E-state index in [4.69, 9.17) is 14.5 Å². The Bertz CT molecular complexity index is 2750. The zero-order chi connectivity index (χ0) is 46.8. The van der Waals surface area contributed by atoms with Crippen LogP contribution in [0.5, 0.6) is 34.5 Å². The Morgan fingerprint density at radius 1 is 0.955 bits per heavy atom. The van der Waals surface area contributed by atoms with Crippen LogP contribution < -0.4 is 19.8 Å². The lowest BCUT2D eigenvalue weighted by Crippen LogP contribution is -2.51. The summed E-state index contributed by atoms with van der Waals surface area (Å²) in [7, 11) is 1.48. The van der Waals surface area contributed by atoms with Crippen LogP contribution in [0.4, 0.5) is 11.5 Å². The monoisotopic (exact) mass is 906 g/mol. The third-order valence-electron chi connectivity index (χ3n) is 14.8. The average molecular weight is 907 g/mol. The summed E-state index contributed by atoms with van der Waals surface area (Å²) >= 11 is 0. The average Bonchev–Trinajstić information content (AvgIpc) is 3.96. The van der Waals surface area contributed by atoms with E-state index in [-0.39, 0.29) is 53.3 Å². The Kier molecular flexibility index (Phi) is 13.2. The summed E-state index contributed by atoms with van der Waals surface area (Å²) in [4.78, 5) is 25.4. The van der Waals surface area contributed by atoms with Crippen molar-refractivity contribution >= 4 is 28.1 Å². The number of hydrogen-bond acceptors (Lipinski definition) is 11. The van der Waals surface area contributed by atoms with Gasteiger partial charge in [0.15, 0.2) is 23.0 Å². The lowest BCUT2D eigenvalue weighted by molar-refractivity contribution is -0.132. The molecule has 3 heterocycles. The number of allylic oxidation sites excluding steroid dienone is 1. The Hall–Kier alpha value is -6.50. The number of nitrogens with one attached hydrogen (secondary N) is 1. The minimum atomic E-state index is -1.20. The quantitative estimate of drug-likeness (QED) is 0.0482. The van der Waals surface area contributed by atoms with Crippen molar-refractivity contribution in [3.05, 3.63) is 137 Å². The van der Waals surface area contributed by atoms with Gasteiger partial charge < -0.3 is 50.4 Å². The van der Waals surface area contributed by atoms with Crippen LogP contribution in [0, 0.1) is 23.7 Å². The number of aromatic nitrogens is 2. The number of aliphatic hydroxyl groups is 2. The molecule has 3 aliphatic rings. The predicted molar refractivity (Wildman–Crippen MR) is 256 cm³/mol. The maximum absolute atomic E-state index is 16.0. The van der Waals surface area contributed by atoms with E-state index in [9.17, 15) is 30.6 Å². The predicted octanol–water partition coefficient (Wildman–Crippen LogP) is 9.30. The molecule has 6 aromatic rings. The van der Waals surface area contributed by atoms with E-state index in [1.54, 1.807) is 48.8 Å². The Labute approximate surface area is 391 Å². The summed E-state index contributed by atoms with van der Waals surface area (Å²) < 4.78 is 11.7. The van der Waals surface area contributed by atoms with Crippen molar-refractivity contribution in [2.24, 2.45) is 23.7 Å². The fourth-order valence-corrected chi connectivity index (χ4v) is 11.5. The minimum absolute atomic E-state index is 0.00393. The minimum Gasteiger partial charge on any atom is -0.668 e. The summed E-state index contributed by atoms with van der Waals surface area (Å²) in [6.45, 7) is 2.50. The van der Waals surface area contributed by atoms with E-state index in [1.165, 1.54) is 13.2 Å². The normalized spacial score (nSPS) is 24.6. The molecule has 1 spiro atoms. The number of phenolic OH excluding ortho intramolecular Hbond substituents is 4. The molecule has 67 heavy (non-hydrogen) atoms. The fourth-order valence-electron chi connectivity index (χ4n) is 11.5. The third kappa shape index (κ3) is 9.42. The lowest BCUT2D eigenvalue weighted by Gasteiger charge is -2.46. The number of aryl methyl sites for hydroxylation is 2. The van der Waals surface area contributed by atoms with Crippen molar-refractivity contribution in [1.82, 2.24) is 9.97 Å². The van der Waals surface area contributed by atoms with Gasteiger partial charge in [-0.15, -0.1) is 0 Å². The number of nitrogens with zero attached hydrogens (tertiary/aromatic N) is 2. The van der Waals surface area contributed by atoms with Gasteiger partial charge in [0, 0.05) is 29.6 Å². The van der Waals surface area contributed by atoms with Gasteiger partial charge >= 0.3 is 0 Å². The number of carbonyl (C=O) groups is 1. The van der Waals surface area contributed by atoms with Crippen molar-refractivity contribution in [2.75, 3.05) is 19.0 Å². The largest absolute Gasteiger partial charge is 0.668 e. The van der Waals surface area contributed by atoms with Crippen LogP contribution >= 0.6 is 0 Å². The maximum Gasteiger partial charge on any atom is 0.200 e. The van der Waals surface area contributed by atoms with Gasteiger partial charge in [-0.25, -0.2) is 4.98 Å². The molecule has 1 fully saturated rings. The number of rotatable bonds is 11. The molecule has 4 aromatic carbocycles. The van der Waals surface area contributed by atoms with E-state index in [2.05, 4.69) is 29.4 Å². The lowest BCUT2D eigenvalue weighted by atomic mass is 9.58. The molecule has 1 saturated carbocycles. The zero-order valence-corrected chi connectivity index (χ0v) is 38.0. The van der Waals surface area contributed by atoms with E-state index >= 15 is 4.79 Å². The standard InChI is InChI=1S/C55H60N3O9/c1-32-5-3-6-34(23-32)31-67-51-28-37(27-49(64)54(51)65)35-10-13-42-41-14-12-40(59)25-36(41)11-15-44(42)58-52-29-38(19-22-57-52)55(20-18-45(60)43(55)30-39-7-4-21-56-39)53(48(63)26-35)47(62)17-9-33-8-16-46(61)50(24-33)66-2/h3-4,6-8,11-12,14-16,19,21-22,24-25,27-29,32,34-35,43,45,47,53,59-62,64-65H,5,9-10,13,17-18,20,23,26,30-31H2,1-2H3,(H,57,58)/q-1/t32-,34-,35-,43-,45+,47-,53+,55-/m1/s1. The first-order valence-electron chi connectivity index (χ1n) is 23.5. The third-order valence-corrected chi connectivity index (χ3v) is 14.8. The maximum atomic E-state index is 16.0. The van der Waals surface area contributed by atoms with Gasteiger partial charge in [0.2, 0.25) is 5.75 Å². The first-order chi connectivity index (χ1) is 32.4. The van der Waals surface area contributed by atoms with E-state index in [1.807, 2.05) is 42.5 Å². The van der Waals surface area contributed by atoms with Gasteiger partial charge in [-0.1, -0.05) is 49.4 Å². The first kappa shape index (κ1) is 45.6. The van der Waals surface area contributed by atoms with Crippen LogP contribution in [0.15, 0.2) is 109 Å². The summed E-state index contributed by atoms with van der Waals surface area (Å²) in [6.07, 6.45) is 10.1. The molecule has 1 aliphatic heterocycles. The number of methoxy groups -OCH3 is 1. The molecule has 9 rings (SSSR count). The number of benzene rings is 4. The van der Waals surface area contributed by atoms with E-state index < -0.39 is 35.4 Å². The molecule has 0 amide bonds. The van der Waals surface area contributed by atoms with Gasteiger partial charge in [-0.3, -0.25) is 4.79 Å². The van der Waals surface area contributed by atoms with Gasteiger partial charge in [-0.05, 0) is 163 Å². The molecule has 350 valence electrons. The summed E-state index contributed by atoms with van der Waals surface area (Å²) in [5.41, 5.74) is 3.56. The van der Waals surface area contributed by atoms with Gasteiger partial charge in [0.1, 0.15) is 17.4 Å². The second kappa shape index (κ2) is 19.4. The Balaban J connectivity index is 1.19. The number of hydrogen-bond donors (Lipinski definition) is 7. The topological polar surface area (TPSA) is 196 Å².